The number of hydrogen-bond acceptors (Lipinski definition) is 3. The van der Waals surface area contributed by atoms with Crippen LogP contribution in [0.5, 0.6) is 0 Å². The minimum absolute atomic E-state index is 0.0655. The number of para-hydroxylation sites is 1. The molecular formula is C8H6BF3N2O2. The summed E-state index contributed by atoms with van der Waals surface area (Å²) in [5.41, 5.74) is -0.0491. The molecule has 1 aromatic carbocycles. The Bertz CT molecular complexity index is 523. The zero-order chi connectivity index (χ0) is 11.9. The van der Waals surface area contributed by atoms with Crippen molar-refractivity contribution in [1.29, 1.82) is 0 Å². The second-order valence-corrected chi connectivity index (χ2v) is 3.20. The molecule has 8 heteroatoms. The first-order valence-electron chi connectivity index (χ1n) is 4.31. The topological polar surface area (TPSA) is 69.1 Å². The van der Waals surface area contributed by atoms with Crippen LogP contribution in [0.2, 0.25) is 0 Å². The maximum Gasteiger partial charge on any atom is 0.490 e. The molecule has 0 aliphatic rings. The predicted octanol–water partition coefficient (Wildman–Crippen LogP) is 0.261. The Morgan fingerprint density at radius 2 is 1.94 bits per heavy atom. The number of rotatable bonds is 1. The van der Waals surface area contributed by atoms with Gasteiger partial charge in [-0.1, -0.05) is 12.1 Å². The van der Waals surface area contributed by atoms with E-state index in [1.54, 1.807) is 0 Å². The van der Waals surface area contributed by atoms with E-state index in [0.29, 0.717) is 0 Å². The van der Waals surface area contributed by atoms with Gasteiger partial charge in [-0.15, -0.1) is 0 Å². The lowest BCUT2D eigenvalue weighted by Gasteiger charge is -1.99. The predicted molar refractivity (Wildman–Crippen MR) is 50.9 cm³/mol. The number of alkyl halides is 3. The van der Waals surface area contributed by atoms with Gasteiger partial charge in [-0.2, -0.15) is 13.2 Å². The molecular weight excluding hydrogens is 224 g/mol. The summed E-state index contributed by atoms with van der Waals surface area (Å²) in [6.07, 6.45) is -4.59. The Labute approximate surface area is 87.9 Å². The van der Waals surface area contributed by atoms with Gasteiger partial charge in [0.1, 0.15) is 0 Å². The van der Waals surface area contributed by atoms with Crippen LogP contribution in [0.25, 0.3) is 11.0 Å². The van der Waals surface area contributed by atoms with E-state index >= 15 is 0 Å². The van der Waals surface area contributed by atoms with Gasteiger partial charge in [0.2, 0.25) is 5.82 Å². The molecule has 0 saturated heterocycles. The van der Waals surface area contributed by atoms with E-state index in [1.807, 2.05) is 0 Å². The second kappa shape index (κ2) is 3.50. The lowest BCUT2D eigenvalue weighted by molar-refractivity contribution is -0.144. The summed E-state index contributed by atoms with van der Waals surface area (Å²) >= 11 is 0. The zero-order valence-electron chi connectivity index (χ0n) is 7.78. The number of benzene rings is 1. The fourth-order valence-corrected chi connectivity index (χ4v) is 1.40. The zero-order valence-corrected chi connectivity index (χ0v) is 7.78. The van der Waals surface area contributed by atoms with Gasteiger partial charge < -0.3 is 15.0 Å². The highest BCUT2D eigenvalue weighted by molar-refractivity contribution is 6.61. The van der Waals surface area contributed by atoms with Crippen LogP contribution in [0.1, 0.15) is 5.82 Å². The van der Waals surface area contributed by atoms with Crippen LogP contribution in [0.15, 0.2) is 18.2 Å². The van der Waals surface area contributed by atoms with Crippen molar-refractivity contribution in [3.63, 3.8) is 0 Å². The number of aromatic nitrogens is 2. The Morgan fingerprint density at radius 3 is 2.50 bits per heavy atom. The van der Waals surface area contributed by atoms with Crippen LogP contribution in [0.4, 0.5) is 13.2 Å². The molecule has 0 aliphatic carbocycles. The van der Waals surface area contributed by atoms with Crippen LogP contribution in [0.3, 0.4) is 0 Å². The summed E-state index contributed by atoms with van der Waals surface area (Å²) in [5.74, 6) is -1.16. The molecule has 0 spiro atoms. The summed E-state index contributed by atoms with van der Waals surface area (Å²) < 4.78 is 37.0. The highest BCUT2D eigenvalue weighted by Gasteiger charge is 2.35. The first-order valence-corrected chi connectivity index (χ1v) is 4.31. The summed E-state index contributed by atoms with van der Waals surface area (Å²) in [5, 5.41) is 17.9. The van der Waals surface area contributed by atoms with Gasteiger partial charge in [0.05, 0.1) is 11.0 Å². The van der Waals surface area contributed by atoms with Gasteiger partial charge in [0, 0.05) is 5.46 Å². The minimum atomic E-state index is -4.59. The Hall–Kier alpha value is -1.54. The fraction of sp³-hybridized carbons (Fsp3) is 0.125. The van der Waals surface area contributed by atoms with Gasteiger partial charge in [-0.05, 0) is 6.07 Å². The number of nitrogens with one attached hydrogen (secondary N) is 1. The van der Waals surface area contributed by atoms with Crippen molar-refractivity contribution in [3.8, 4) is 0 Å². The van der Waals surface area contributed by atoms with Crippen LogP contribution < -0.4 is 5.46 Å². The van der Waals surface area contributed by atoms with Gasteiger partial charge in [-0.3, -0.25) is 0 Å². The highest BCUT2D eigenvalue weighted by Crippen LogP contribution is 2.27. The molecule has 0 fully saturated rings. The standard InChI is InChI=1S/C8H6BF3N2O2/c10-8(11,12)7-13-5-3-1-2-4(9(15)16)6(5)14-7/h1-3,15-16H,(H,13,14). The monoisotopic (exact) mass is 230 g/mol. The third kappa shape index (κ3) is 1.77. The molecule has 84 valence electrons. The third-order valence-corrected chi connectivity index (χ3v) is 2.09. The molecule has 0 atom stereocenters. The Kier molecular flexibility index (Phi) is 2.40. The first kappa shape index (κ1) is 11.0. The molecule has 0 saturated carbocycles. The van der Waals surface area contributed by atoms with Crippen molar-refractivity contribution in [3.05, 3.63) is 24.0 Å². The number of fused-ring (bicyclic) bond motifs is 1. The summed E-state index contributed by atoms with van der Waals surface area (Å²) in [6.45, 7) is 0. The summed E-state index contributed by atoms with van der Waals surface area (Å²) in [7, 11) is -1.85. The molecule has 0 amide bonds. The van der Waals surface area contributed by atoms with Crippen LogP contribution in [-0.2, 0) is 6.18 Å². The third-order valence-electron chi connectivity index (χ3n) is 2.09. The van der Waals surface area contributed by atoms with Crippen molar-refractivity contribution in [2.75, 3.05) is 0 Å². The average molecular weight is 230 g/mol. The van der Waals surface area contributed by atoms with E-state index in [4.69, 9.17) is 10.0 Å². The molecule has 3 N–H and O–H groups in total. The number of aromatic amines is 1. The maximum absolute atomic E-state index is 12.3. The first-order chi connectivity index (χ1) is 7.39. The molecule has 4 nitrogen and oxygen atoms in total. The van der Waals surface area contributed by atoms with Gasteiger partial charge in [0.25, 0.3) is 0 Å². The lowest BCUT2D eigenvalue weighted by Crippen LogP contribution is -2.30. The largest absolute Gasteiger partial charge is 0.490 e. The van der Waals surface area contributed by atoms with Gasteiger partial charge in [0.15, 0.2) is 0 Å². The molecule has 2 rings (SSSR count). The van der Waals surface area contributed by atoms with E-state index in [1.165, 1.54) is 18.2 Å². The smallest absolute Gasteiger partial charge is 0.423 e. The normalized spacial score (nSPS) is 12.1. The SMILES string of the molecule is OB(O)c1cccc2[nH]c(C(F)(F)F)nc12. The van der Waals surface area contributed by atoms with E-state index < -0.39 is 19.1 Å². The molecule has 0 unspecified atom stereocenters. The molecule has 0 radical (unpaired) electrons. The Balaban J connectivity index is 2.66. The fourth-order valence-electron chi connectivity index (χ4n) is 1.40. The molecule has 0 aliphatic heterocycles. The van der Waals surface area contributed by atoms with Crippen LogP contribution >= 0.6 is 0 Å². The van der Waals surface area contributed by atoms with Crippen molar-refractivity contribution in [2.24, 2.45) is 0 Å². The molecule has 2 aromatic rings. The Morgan fingerprint density at radius 1 is 1.25 bits per heavy atom. The van der Waals surface area contributed by atoms with Gasteiger partial charge >= 0.3 is 13.3 Å². The van der Waals surface area contributed by atoms with Crippen molar-refractivity contribution in [1.82, 2.24) is 9.97 Å². The van der Waals surface area contributed by atoms with E-state index in [-0.39, 0.29) is 16.5 Å². The number of H-pyrrole nitrogens is 1. The van der Waals surface area contributed by atoms with Crippen molar-refractivity contribution >= 4 is 23.6 Å². The molecule has 0 bridgehead atoms. The number of halogens is 3. The molecule has 1 aromatic heterocycles. The van der Waals surface area contributed by atoms with E-state index in [2.05, 4.69) is 9.97 Å². The molecule has 1 heterocycles. The van der Waals surface area contributed by atoms with Crippen LogP contribution in [-0.4, -0.2) is 27.1 Å². The van der Waals surface area contributed by atoms with E-state index in [0.717, 1.165) is 0 Å². The minimum Gasteiger partial charge on any atom is -0.423 e. The summed E-state index contributed by atoms with van der Waals surface area (Å²) in [4.78, 5) is 5.38. The number of nitrogens with zero attached hydrogens (tertiary/aromatic N) is 1. The van der Waals surface area contributed by atoms with Crippen molar-refractivity contribution < 1.29 is 23.2 Å². The van der Waals surface area contributed by atoms with E-state index in [9.17, 15) is 13.2 Å². The lowest BCUT2D eigenvalue weighted by atomic mass is 9.79. The maximum atomic E-state index is 12.3. The number of hydrogen-bond donors (Lipinski definition) is 3. The molecule has 16 heavy (non-hydrogen) atoms. The van der Waals surface area contributed by atoms with Crippen LogP contribution in [0, 0.1) is 0 Å². The second-order valence-electron chi connectivity index (χ2n) is 3.20. The quantitative estimate of drug-likeness (QED) is 0.615. The van der Waals surface area contributed by atoms with Crippen molar-refractivity contribution in [2.45, 2.75) is 6.18 Å². The number of imidazole rings is 1. The average Bonchev–Trinajstić information content (AvgIpc) is 2.59. The summed E-state index contributed by atoms with van der Waals surface area (Å²) in [6, 6.07) is 4.09. The highest BCUT2D eigenvalue weighted by atomic mass is 19.4. The van der Waals surface area contributed by atoms with Gasteiger partial charge in [-0.25, -0.2) is 4.98 Å².